The number of halogens is 2. The number of benzene rings is 1. The van der Waals surface area contributed by atoms with Crippen molar-refractivity contribution in [1.29, 1.82) is 0 Å². The number of hydrogen-bond acceptors (Lipinski definition) is 3. The van der Waals surface area contributed by atoms with Crippen LogP contribution >= 0.6 is 15.9 Å². The van der Waals surface area contributed by atoms with Gasteiger partial charge in [-0.3, -0.25) is 0 Å². The second-order valence-electron chi connectivity index (χ2n) is 5.48. The molecule has 0 saturated heterocycles. The van der Waals surface area contributed by atoms with E-state index in [2.05, 4.69) is 21.2 Å². The Morgan fingerprint density at radius 3 is 2.53 bits per heavy atom. The first-order valence-corrected chi connectivity index (χ1v) is 6.84. The SMILES string of the molecule is Cc1cc(F)c(Br)cc1NC(C)C(=O)OC(C)(C)C. The highest BCUT2D eigenvalue weighted by atomic mass is 79.9. The van der Waals surface area contributed by atoms with Crippen molar-refractivity contribution < 1.29 is 13.9 Å². The van der Waals surface area contributed by atoms with E-state index in [-0.39, 0.29) is 11.8 Å². The summed E-state index contributed by atoms with van der Waals surface area (Å²) in [7, 11) is 0. The minimum atomic E-state index is -0.522. The fraction of sp³-hybridized carbons (Fsp3) is 0.500. The van der Waals surface area contributed by atoms with Gasteiger partial charge in [0.1, 0.15) is 17.5 Å². The minimum Gasteiger partial charge on any atom is -0.458 e. The van der Waals surface area contributed by atoms with Crippen molar-refractivity contribution in [1.82, 2.24) is 0 Å². The molecule has 0 fully saturated rings. The first kappa shape index (κ1) is 16.0. The molecule has 0 saturated carbocycles. The van der Waals surface area contributed by atoms with Crippen LogP contribution in [0.3, 0.4) is 0 Å². The molecular formula is C14H19BrFNO2. The summed E-state index contributed by atoms with van der Waals surface area (Å²) >= 11 is 3.12. The molecule has 0 heterocycles. The topological polar surface area (TPSA) is 38.3 Å². The average Bonchev–Trinajstić information content (AvgIpc) is 2.23. The molecule has 0 bridgehead atoms. The molecule has 0 radical (unpaired) electrons. The summed E-state index contributed by atoms with van der Waals surface area (Å²) in [5, 5.41) is 3.03. The van der Waals surface area contributed by atoms with Gasteiger partial charge in [0.25, 0.3) is 0 Å². The van der Waals surface area contributed by atoms with Crippen molar-refractivity contribution in [2.24, 2.45) is 0 Å². The van der Waals surface area contributed by atoms with E-state index in [0.29, 0.717) is 10.2 Å². The van der Waals surface area contributed by atoms with Crippen LogP contribution in [-0.2, 0) is 9.53 Å². The maximum atomic E-state index is 13.3. The first-order valence-electron chi connectivity index (χ1n) is 6.05. The van der Waals surface area contributed by atoms with Crippen LogP contribution in [0.15, 0.2) is 16.6 Å². The van der Waals surface area contributed by atoms with Crippen LogP contribution in [0.1, 0.15) is 33.3 Å². The smallest absolute Gasteiger partial charge is 0.328 e. The minimum absolute atomic E-state index is 0.326. The number of aryl methyl sites for hydroxylation is 1. The van der Waals surface area contributed by atoms with E-state index in [9.17, 15) is 9.18 Å². The number of nitrogens with one attached hydrogen (secondary N) is 1. The largest absolute Gasteiger partial charge is 0.458 e. The predicted molar refractivity (Wildman–Crippen MR) is 77.8 cm³/mol. The molecule has 0 aromatic heterocycles. The van der Waals surface area contributed by atoms with Crippen molar-refractivity contribution in [3.63, 3.8) is 0 Å². The molecule has 3 nitrogen and oxygen atoms in total. The lowest BCUT2D eigenvalue weighted by Crippen LogP contribution is -2.34. The van der Waals surface area contributed by atoms with Crippen molar-refractivity contribution in [2.45, 2.75) is 46.3 Å². The van der Waals surface area contributed by atoms with Gasteiger partial charge in [-0.2, -0.15) is 0 Å². The zero-order valence-corrected chi connectivity index (χ0v) is 13.4. The van der Waals surface area contributed by atoms with Gasteiger partial charge in [0, 0.05) is 5.69 Å². The number of carbonyl (C=O) groups excluding carboxylic acids is 1. The summed E-state index contributed by atoms with van der Waals surface area (Å²) in [6.45, 7) is 8.94. The van der Waals surface area contributed by atoms with Crippen molar-refractivity contribution in [3.05, 3.63) is 28.0 Å². The number of esters is 1. The van der Waals surface area contributed by atoms with Crippen LogP contribution in [0.4, 0.5) is 10.1 Å². The van der Waals surface area contributed by atoms with Crippen LogP contribution < -0.4 is 5.32 Å². The van der Waals surface area contributed by atoms with Gasteiger partial charge in [-0.05, 0) is 68.2 Å². The quantitative estimate of drug-likeness (QED) is 0.849. The molecule has 1 atom stereocenters. The highest BCUT2D eigenvalue weighted by Crippen LogP contribution is 2.25. The van der Waals surface area contributed by atoms with E-state index in [1.54, 1.807) is 19.9 Å². The third-order valence-corrected chi connectivity index (χ3v) is 3.01. The standard InChI is InChI=1S/C14H19BrFNO2/c1-8-6-11(16)10(15)7-12(8)17-9(2)13(18)19-14(3,4)5/h6-7,9,17H,1-5H3. The second kappa shape index (κ2) is 5.90. The summed E-state index contributed by atoms with van der Waals surface area (Å²) in [5.74, 6) is -0.666. The monoisotopic (exact) mass is 331 g/mol. The van der Waals surface area contributed by atoms with Gasteiger partial charge < -0.3 is 10.1 Å². The third-order valence-electron chi connectivity index (χ3n) is 2.40. The van der Waals surface area contributed by atoms with E-state index in [1.807, 2.05) is 20.8 Å². The zero-order valence-electron chi connectivity index (χ0n) is 11.8. The van der Waals surface area contributed by atoms with Gasteiger partial charge in [0.05, 0.1) is 4.47 Å². The normalized spacial score (nSPS) is 13.0. The molecule has 5 heteroatoms. The molecule has 1 N–H and O–H groups in total. The van der Waals surface area contributed by atoms with Crippen LogP contribution in [0.5, 0.6) is 0 Å². The van der Waals surface area contributed by atoms with Gasteiger partial charge >= 0.3 is 5.97 Å². The third kappa shape index (κ3) is 4.82. The van der Waals surface area contributed by atoms with Crippen molar-refractivity contribution in [2.75, 3.05) is 5.32 Å². The maximum absolute atomic E-state index is 13.3. The van der Waals surface area contributed by atoms with E-state index < -0.39 is 11.6 Å². The number of rotatable bonds is 3. The Balaban J connectivity index is 2.80. The van der Waals surface area contributed by atoms with Crippen molar-refractivity contribution in [3.8, 4) is 0 Å². The van der Waals surface area contributed by atoms with E-state index >= 15 is 0 Å². The number of carbonyl (C=O) groups is 1. The molecular weight excluding hydrogens is 313 g/mol. The van der Waals surface area contributed by atoms with E-state index in [0.717, 1.165) is 5.56 Å². The van der Waals surface area contributed by atoms with Gasteiger partial charge in [-0.15, -0.1) is 0 Å². The highest BCUT2D eigenvalue weighted by Gasteiger charge is 2.22. The zero-order chi connectivity index (χ0) is 14.8. The Hall–Kier alpha value is -1.10. The number of ether oxygens (including phenoxy) is 1. The lowest BCUT2D eigenvalue weighted by atomic mass is 10.1. The Kier molecular flexibility index (Phi) is 4.96. The van der Waals surface area contributed by atoms with E-state index in [4.69, 9.17) is 4.74 Å². The molecule has 19 heavy (non-hydrogen) atoms. The van der Waals surface area contributed by atoms with Gasteiger partial charge in [0.15, 0.2) is 0 Å². The summed E-state index contributed by atoms with van der Waals surface area (Å²) in [5.41, 5.74) is 0.911. The van der Waals surface area contributed by atoms with Crippen molar-refractivity contribution >= 4 is 27.6 Å². The van der Waals surface area contributed by atoms with Gasteiger partial charge in [0.2, 0.25) is 0 Å². The predicted octanol–water partition coefficient (Wildman–Crippen LogP) is 4.04. The molecule has 106 valence electrons. The lowest BCUT2D eigenvalue weighted by Gasteiger charge is -2.23. The van der Waals surface area contributed by atoms with Gasteiger partial charge in [-0.25, -0.2) is 9.18 Å². The molecule has 0 aliphatic carbocycles. The Morgan fingerprint density at radius 2 is 2.00 bits per heavy atom. The second-order valence-corrected chi connectivity index (χ2v) is 6.34. The summed E-state index contributed by atoms with van der Waals surface area (Å²) < 4.78 is 18.9. The molecule has 0 aliphatic heterocycles. The van der Waals surface area contributed by atoms with Gasteiger partial charge in [-0.1, -0.05) is 0 Å². The Labute approximate surface area is 121 Å². The molecule has 0 spiro atoms. The molecule has 1 aromatic carbocycles. The fourth-order valence-electron chi connectivity index (χ4n) is 1.48. The summed E-state index contributed by atoms with van der Waals surface area (Å²) in [6.07, 6.45) is 0. The molecule has 1 rings (SSSR count). The molecule has 1 aromatic rings. The number of hydrogen-bond donors (Lipinski definition) is 1. The molecule has 0 amide bonds. The molecule has 1 unspecified atom stereocenters. The molecule has 0 aliphatic rings. The van der Waals surface area contributed by atoms with Crippen LogP contribution in [0.25, 0.3) is 0 Å². The van der Waals surface area contributed by atoms with E-state index in [1.165, 1.54) is 6.07 Å². The summed E-state index contributed by atoms with van der Waals surface area (Å²) in [6, 6.07) is 2.52. The Morgan fingerprint density at radius 1 is 1.42 bits per heavy atom. The average molecular weight is 332 g/mol. The maximum Gasteiger partial charge on any atom is 0.328 e. The van der Waals surface area contributed by atoms with Crippen LogP contribution in [0, 0.1) is 12.7 Å². The van der Waals surface area contributed by atoms with Crippen LogP contribution in [-0.4, -0.2) is 17.6 Å². The number of anilines is 1. The fourth-order valence-corrected chi connectivity index (χ4v) is 1.83. The summed E-state index contributed by atoms with van der Waals surface area (Å²) in [4.78, 5) is 11.9. The van der Waals surface area contributed by atoms with Crippen LogP contribution in [0.2, 0.25) is 0 Å². The highest BCUT2D eigenvalue weighted by molar-refractivity contribution is 9.10. The Bertz CT molecular complexity index is 483. The lowest BCUT2D eigenvalue weighted by molar-refractivity contribution is -0.155. The first-order chi connectivity index (χ1) is 8.60.